The molecule has 1 atom stereocenters. The zero-order chi connectivity index (χ0) is 13.4. The van der Waals surface area contributed by atoms with Crippen LogP contribution in [0.1, 0.15) is 45.1 Å². The molecule has 4 nitrogen and oxygen atoms in total. The van der Waals surface area contributed by atoms with Crippen LogP contribution in [0.4, 0.5) is 0 Å². The first-order chi connectivity index (χ1) is 8.67. The third-order valence-corrected chi connectivity index (χ3v) is 3.06. The summed E-state index contributed by atoms with van der Waals surface area (Å²) in [6.07, 6.45) is 6.39. The van der Waals surface area contributed by atoms with Crippen molar-refractivity contribution in [1.29, 1.82) is 5.41 Å². The van der Waals surface area contributed by atoms with E-state index in [0.717, 1.165) is 6.42 Å². The highest BCUT2D eigenvalue weighted by atomic mass is 16.5. The standard InChI is InChI=1S/C14H23N3O/c1-3-5-6-11(4-2)10-18-13-9-12(14(15)16)7-8-17-13/h7-9,11H,3-6,10H2,1-2H3,(H3,15,16). The number of nitrogens with two attached hydrogens (primary N) is 1. The van der Waals surface area contributed by atoms with Crippen molar-refractivity contribution in [1.82, 2.24) is 4.98 Å². The van der Waals surface area contributed by atoms with Crippen molar-refractivity contribution in [2.24, 2.45) is 11.7 Å². The van der Waals surface area contributed by atoms with Crippen molar-refractivity contribution in [3.05, 3.63) is 23.9 Å². The van der Waals surface area contributed by atoms with Crippen LogP contribution in [-0.2, 0) is 0 Å². The quantitative estimate of drug-likeness (QED) is 0.549. The predicted octanol–water partition coefficient (Wildman–Crippen LogP) is 2.96. The first-order valence-electron chi connectivity index (χ1n) is 6.60. The van der Waals surface area contributed by atoms with E-state index in [0.29, 0.717) is 24.0 Å². The number of aromatic nitrogens is 1. The van der Waals surface area contributed by atoms with Crippen LogP contribution in [0.25, 0.3) is 0 Å². The van der Waals surface area contributed by atoms with Gasteiger partial charge in [-0.05, 0) is 18.4 Å². The van der Waals surface area contributed by atoms with Crippen LogP contribution < -0.4 is 10.5 Å². The molecule has 1 heterocycles. The number of hydrogen-bond acceptors (Lipinski definition) is 3. The van der Waals surface area contributed by atoms with Gasteiger partial charge in [-0.1, -0.05) is 33.1 Å². The van der Waals surface area contributed by atoms with E-state index >= 15 is 0 Å². The van der Waals surface area contributed by atoms with E-state index in [1.807, 2.05) is 0 Å². The van der Waals surface area contributed by atoms with E-state index in [-0.39, 0.29) is 5.84 Å². The summed E-state index contributed by atoms with van der Waals surface area (Å²) in [6.45, 7) is 5.07. The Morgan fingerprint density at radius 1 is 1.50 bits per heavy atom. The Balaban J connectivity index is 2.51. The van der Waals surface area contributed by atoms with Crippen molar-refractivity contribution >= 4 is 5.84 Å². The van der Waals surface area contributed by atoms with E-state index in [1.54, 1.807) is 18.3 Å². The third-order valence-electron chi connectivity index (χ3n) is 3.06. The Morgan fingerprint density at radius 3 is 2.89 bits per heavy atom. The van der Waals surface area contributed by atoms with Gasteiger partial charge in [-0.25, -0.2) is 4.98 Å². The van der Waals surface area contributed by atoms with Crippen LogP contribution in [0.3, 0.4) is 0 Å². The smallest absolute Gasteiger partial charge is 0.213 e. The van der Waals surface area contributed by atoms with Crippen molar-refractivity contribution in [2.75, 3.05) is 6.61 Å². The van der Waals surface area contributed by atoms with Crippen molar-refractivity contribution in [3.63, 3.8) is 0 Å². The van der Waals surface area contributed by atoms with Crippen LogP contribution in [0.2, 0.25) is 0 Å². The molecule has 1 unspecified atom stereocenters. The SMILES string of the molecule is CCCCC(CC)COc1cc(C(=N)N)ccn1. The Labute approximate surface area is 109 Å². The number of pyridine rings is 1. The highest BCUT2D eigenvalue weighted by Crippen LogP contribution is 2.15. The molecule has 1 aromatic rings. The number of rotatable bonds is 8. The van der Waals surface area contributed by atoms with Gasteiger partial charge >= 0.3 is 0 Å². The first-order valence-corrected chi connectivity index (χ1v) is 6.60. The summed E-state index contributed by atoms with van der Waals surface area (Å²) in [4.78, 5) is 4.13. The molecule has 0 saturated carbocycles. The number of nitrogen functional groups attached to an aromatic ring is 1. The topological polar surface area (TPSA) is 72.0 Å². The molecule has 100 valence electrons. The normalized spacial score (nSPS) is 12.1. The monoisotopic (exact) mass is 249 g/mol. The van der Waals surface area contributed by atoms with Crippen LogP contribution in [0, 0.1) is 11.3 Å². The summed E-state index contributed by atoms with van der Waals surface area (Å²) in [5.41, 5.74) is 6.08. The molecule has 0 amide bonds. The summed E-state index contributed by atoms with van der Waals surface area (Å²) in [6, 6.07) is 3.43. The molecule has 0 aliphatic rings. The van der Waals surface area contributed by atoms with Gasteiger partial charge in [0.15, 0.2) is 0 Å². The minimum absolute atomic E-state index is 0.0419. The number of ether oxygens (including phenoxy) is 1. The summed E-state index contributed by atoms with van der Waals surface area (Å²) in [7, 11) is 0. The minimum Gasteiger partial charge on any atom is -0.477 e. The summed E-state index contributed by atoms with van der Waals surface area (Å²) < 4.78 is 5.68. The molecule has 1 aromatic heterocycles. The minimum atomic E-state index is 0.0419. The Hall–Kier alpha value is -1.58. The van der Waals surface area contributed by atoms with Gasteiger partial charge in [-0.2, -0.15) is 0 Å². The molecule has 0 aromatic carbocycles. The molecule has 0 fully saturated rings. The van der Waals surface area contributed by atoms with E-state index in [2.05, 4.69) is 18.8 Å². The lowest BCUT2D eigenvalue weighted by Crippen LogP contribution is -2.14. The lowest BCUT2D eigenvalue weighted by Gasteiger charge is -2.15. The number of nitrogens with one attached hydrogen (secondary N) is 1. The van der Waals surface area contributed by atoms with Gasteiger partial charge in [0.1, 0.15) is 5.84 Å². The maximum absolute atomic E-state index is 7.37. The maximum atomic E-state index is 7.37. The second-order valence-electron chi connectivity index (χ2n) is 4.52. The van der Waals surface area contributed by atoms with Gasteiger partial charge in [0.25, 0.3) is 0 Å². The zero-order valence-corrected chi connectivity index (χ0v) is 11.3. The highest BCUT2D eigenvalue weighted by molar-refractivity contribution is 5.95. The summed E-state index contributed by atoms with van der Waals surface area (Å²) in [5.74, 6) is 1.17. The van der Waals surface area contributed by atoms with Gasteiger partial charge in [0.2, 0.25) is 5.88 Å². The number of amidine groups is 1. The van der Waals surface area contributed by atoms with Crippen LogP contribution in [0.15, 0.2) is 18.3 Å². The van der Waals surface area contributed by atoms with E-state index < -0.39 is 0 Å². The highest BCUT2D eigenvalue weighted by Gasteiger charge is 2.08. The lowest BCUT2D eigenvalue weighted by atomic mass is 10.0. The molecule has 0 bridgehead atoms. The zero-order valence-electron chi connectivity index (χ0n) is 11.3. The average Bonchev–Trinajstić information content (AvgIpc) is 2.39. The molecular weight excluding hydrogens is 226 g/mol. The van der Waals surface area contributed by atoms with E-state index in [4.69, 9.17) is 15.9 Å². The molecule has 0 aliphatic carbocycles. The van der Waals surface area contributed by atoms with E-state index in [1.165, 1.54) is 19.3 Å². The Kier molecular flexibility index (Phi) is 6.19. The average molecular weight is 249 g/mol. The predicted molar refractivity (Wildman–Crippen MR) is 74.1 cm³/mol. The fraction of sp³-hybridized carbons (Fsp3) is 0.571. The fourth-order valence-electron chi connectivity index (χ4n) is 1.76. The van der Waals surface area contributed by atoms with Crippen molar-refractivity contribution < 1.29 is 4.74 Å². The number of unbranched alkanes of at least 4 members (excludes halogenated alkanes) is 1. The second kappa shape index (κ2) is 7.69. The van der Waals surface area contributed by atoms with Crippen molar-refractivity contribution in [3.8, 4) is 5.88 Å². The van der Waals surface area contributed by atoms with Gasteiger partial charge in [0.05, 0.1) is 6.61 Å². The molecule has 0 saturated heterocycles. The van der Waals surface area contributed by atoms with Crippen LogP contribution in [-0.4, -0.2) is 17.4 Å². The molecule has 0 aliphatic heterocycles. The molecule has 3 N–H and O–H groups in total. The molecule has 4 heteroatoms. The largest absolute Gasteiger partial charge is 0.477 e. The summed E-state index contributed by atoms with van der Waals surface area (Å²) in [5, 5.41) is 7.37. The number of hydrogen-bond donors (Lipinski definition) is 2. The molecular formula is C14H23N3O. The van der Waals surface area contributed by atoms with Gasteiger partial charge in [0, 0.05) is 17.8 Å². The Morgan fingerprint density at radius 2 is 2.28 bits per heavy atom. The third kappa shape index (κ3) is 4.73. The first kappa shape index (κ1) is 14.5. The van der Waals surface area contributed by atoms with Crippen LogP contribution in [0.5, 0.6) is 5.88 Å². The van der Waals surface area contributed by atoms with Crippen LogP contribution >= 0.6 is 0 Å². The summed E-state index contributed by atoms with van der Waals surface area (Å²) >= 11 is 0. The van der Waals surface area contributed by atoms with Crippen molar-refractivity contribution in [2.45, 2.75) is 39.5 Å². The second-order valence-corrected chi connectivity index (χ2v) is 4.52. The molecule has 0 radical (unpaired) electrons. The Bertz CT molecular complexity index is 379. The maximum Gasteiger partial charge on any atom is 0.213 e. The van der Waals surface area contributed by atoms with E-state index in [9.17, 15) is 0 Å². The molecule has 18 heavy (non-hydrogen) atoms. The number of nitrogens with zero attached hydrogens (tertiary/aromatic N) is 1. The van der Waals surface area contributed by atoms with Gasteiger partial charge in [-0.3, -0.25) is 5.41 Å². The van der Waals surface area contributed by atoms with Gasteiger partial charge in [-0.15, -0.1) is 0 Å². The molecule has 1 rings (SSSR count). The van der Waals surface area contributed by atoms with Gasteiger partial charge < -0.3 is 10.5 Å². The molecule has 0 spiro atoms. The fourth-order valence-corrected chi connectivity index (χ4v) is 1.76. The lowest BCUT2D eigenvalue weighted by molar-refractivity contribution is 0.226.